The summed E-state index contributed by atoms with van der Waals surface area (Å²) in [6.07, 6.45) is 6.21. The molecule has 0 bridgehead atoms. The van der Waals surface area contributed by atoms with E-state index in [9.17, 15) is 0 Å². The molecule has 0 amide bonds. The second-order valence-electron chi connectivity index (χ2n) is 14.4. The van der Waals surface area contributed by atoms with Crippen LogP contribution < -0.4 is 10.2 Å². The number of rotatable bonds is 7. The van der Waals surface area contributed by atoms with Gasteiger partial charge in [0, 0.05) is 39.6 Å². The van der Waals surface area contributed by atoms with Crippen LogP contribution in [0.4, 0.5) is 11.4 Å². The van der Waals surface area contributed by atoms with Gasteiger partial charge >= 0.3 is 0 Å². The largest absolute Gasteiger partial charge is 0.377 e. The van der Waals surface area contributed by atoms with Gasteiger partial charge in [-0.3, -0.25) is 4.98 Å². The Balaban J connectivity index is 1.10. The zero-order valence-electron chi connectivity index (χ0n) is 28.9. The molecule has 2 atom stereocenters. The third kappa shape index (κ3) is 4.75. The first kappa shape index (κ1) is 30.4. The fourth-order valence-electron chi connectivity index (χ4n) is 8.70. The van der Waals surface area contributed by atoms with Crippen LogP contribution in [0.2, 0.25) is 0 Å². The summed E-state index contributed by atoms with van der Waals surface area (Å²) in [4.78, 5) is 7.25. The van der Waals surface area contributed by atoms with Gasteiger partial charge in [-0.05, 0) is 99.3 Å². The van der Waals surface area contributed by atoms with Crippen LogP contribution in [0.15, 0.2) is 146 Å². The second kappa shape index (κ2) is 11.7. The number of hydrogen-bond donors (Lipinski definition) is 1. The molecule has 5 aromatic carbocycles. The van der Waals surface area contributed by atoms with E-state index in [1.165, 1.54) is 56.0 Å². The van der Waals surface area contributed by atoms with Crippen molar-refractivity contribution in [2.45, 2.75) is 51.1 Å². The van der Waals surface area contributed by atoms with Gasteiger partial charge in [0.15, 0.2) is 0 Å². The van der Waals surface area contributed by atoms with Crippen molar-refractivity contribution in [1.82, 2.24) is 10.3 Å². The topological polar surface area (TPSA) is 28.2 Å². The Bertz CT molecular complexity index is 2370. The van der Waals surface area contributed by atoms with Gasteiger partial charge in [0.05, 0.1) is 17.6 Å². The van der Waals surface area contributed by atoms with Gasteiger partial charge in [0.2, 0.25) is 0 Å². The van der Waals surface area contributed by atoms with E-state index in [4.69, 9.17) is 11.6 Å². The summed E-state index contributed by atoms with van der Waals surface area (Å²) in [6, 6.07) is 46.5. The number of hydrogen-bond acceptors (Lipinski definition) is 3. The summed E-state index contributed by atoms with van der Waals surface area (Å²) in [5.41, 5.74) is 17.5. The molecule has 3 aliphatic rings. The lowest BCUT2D eigenvalue weighted by Crippen LogP contribution is -2.32. The average molecular weight is 648 g/mol. The smallest absolute Gasteiger partial charge is 0.0766 e. The summed E-state index contributed by atoms with van der Waals surface area (Å²) in [6.45, 7) is 11.7. The van der Waals surface area contributed by atoms with Gasteiger partial charge in [0.1, 0.15) is 0 Å². The monoisotopic (exact) mass is 647 g/mol. The molecule has 6 aromatic rings. The first-order valence-corrected chi connectivity index (χ1v) is 17.8. The zero-order valence-corrected chi connectivity index (χ0v) is 28.9. The molecule has 0 radical (unpaired) electrons. The fourth-order valence-corrected chi connectivity index (χ4v) is 8.70. The van der Waals surface area contributed by atoms with Crippen LogP contribution in [0.5, 0.6) is 0 Å². The van der Waals surface area contributed by atoms with Crippen molar-refractivity contribution >= 4 is 45.1 Å². The fraction of sp³-hybridized carbons (Fsp3) is 0.170. The first-order chi connectivity index (χ1) is 24.4. The number of benzene rings is 5. The van der Waals surface area contributed by atoms with Crippen LogP contribution in [0, 0.1) is 0 Å². The third-order valence-corrected chi connectivity index (χ3v) is 11.2. The Labute approximate surface area is 295 Å². The number of anilines is 2. The third-order valence-electron chi connectivity index (χ3n) is 11.2. The number of fused-ring (bicyclic) bond motifs is 6. The first-order valence-electron chi connectivity index (χ1n) is 17.8. The molecule has 2 aliphatic carbocycles. The van der Waals surface area contributed by atoms with E-state index in [1.54, 1.807) is 0 Å². The number of para-hydroxylation sites is 1. The van der Waals surface area contributed by atoms with Gasteiger partial charge in [0.25, 0.3) is 0 Å². The van der Waals surface area contributed by atoms with Crippen molar-refractivity contribution in [1.29, 1.82) is 0 Å². The van der Waals surface area contributed by atoms with Crippen molar-refractivity contribution in [3.8, 4) is 0 Å². The number of allylic oxidation sites excluding steroid dienone is 2. The highest BCUT2D eigenvalue weighted by atomic mass is 15.2. The molecule has 3 nitrogen and oxygen atoms in total. The van der Waals surface area contributed by atoms with Crippen molar-refractivity contribution in [3.05, 3.63) is 185 Å². The molecule has 2 heterocycles. The highest BCUT2D eigenvalue weighted by molar-refractivity contribution is 6.00. The van der Waals surface area contributed by atoms with Crippen molar-refractivity contribution in [3.63, 3.8) is 0 Å². The predicted molar refractivity (Wildman–Crippen MR) is 210 cm³/mol. The van der Waals surface area contributed by atoms with E-state index >= 15 is 0 Å². The van der Waals surface area contributed by atoms with E-state index in [1.807, 2.05) is 12.3 Å². The summed E-state index contributed by atoms with van der Waals surface area (Å²) >= 11 is 0. The lowest BCUT2D eigenvalue weighted by atomic mass is 9.83. The molecule has 1 aliphatic heterocycles. The van der Waals surface area contributed by atoms with E-state index in [-0.39, 0.29) is 17.5 Å². The summed E-state index contributed by atoms with van der Waals surface area (Å²) < 4.78 is 0. The molecule has 0 saturated carbocycles. The molecule has 1 N–H and O–H groups in total. The Kier molecular flexibility index (Phi) is 7.13. The minimum atomic E-state index is -0.160. The lowest BCUT2D eigenvalue weighted by Gasteiger charge is -2.32. The number of pyridine rings is 1. The molecule has 0 saturated heterocycles. The van der Waals surface area contributed by atoms with Crippen LogP contribution in [0.1, 0.15) is 72.2 Å². The molecular weight excluding hydrogens is 607 g/mol. The molecular formula is C47H41N3. The normalized spacial score (nSPS) is 17.5. The molecule has 1 aromatic heterocycles. The Morgan fingerprint density at radius 1 is 0.860 bits per heavy atom. The standard InChI is InChI=1S/C47H41N3/c1-5-37-38-16-8-10-18-41(38)47(3,4)46(37)49-45(35-21-20-32-15-12-26-48-42(32)28-35)30(2)31-22-24-36(25-23-31)50-43-19-11-9-17-39(43)40-27-33-13-6-7-14-34(33)29-44(40)50/h6-28,44-45,49H,2,5,29H2,1,3-4H3. The summed E-state index contributed by atoms with van der Waals surface area (Å²) in [7, 11) is 0. The van der Waals surface area contributed by atoms with Gasteiger partial charge in [-0.25, -0.2) is 0 Å². The van der Waals surface area contributed by atoms with Crippen LogP contribution in [0.3, 0.4) is 0 Å². The number of nitrogens with zero attached hydrogens (tertiary/aromatic N) is 2. The van der Waals surface area contributed by atoms with Gasteiger partial charge in [-0.2, -0.15) is 0 Å². The minimum absolute atomic E-state index is 0.144. The molecule has 50 heavy (non-hydrogen) atoms. The van der Waals surface area contributed by atoms with Crippen molar-refractivity contribution < 1.29 is 0 Å². The highest BCUT2D eigenvalue weighted by Gasteiger charge is 2.39. The van der Waals surface area contributed by atoms with Crippen molar-refractivity contribution in [2.75, 3.05) is 4.90 Å². The highest BCUT2D eigenvalue weighted by Crippen LogP contribution is 2.50. The zero-order chi connectivity index (χ0) is 34.0. The summed E-state index contributed by atoms with van der Waals surface area (Å²) in [5, 5.41) is 5.23. The van der Waals surface area contributed by atoms with E-state index < -0.39 is 0 Å². The maximum absolute atomic E-state index is 4.80. The maximum atomic E-state index is 4.80. The molecule has 0 spiro atoms. The van der Waals surface area contributed by atoms with Crippen molar-refractivity contribution in [2.24, 2.45) is 0 Å². The Morgan fingerprint density at radius 2 is 1.62 bits per heavy atom. The number of aromatic nitrogens is 1. The second-order valence-corrected chi connectivity index (χ2v) is 14.4. The number of nitrogens with one attached hydrogen (secondary N) is 1. The molecule has 9 rings (SSSR count). The van der Waals surface area contributed by atoms with Crippen LogP contribution in [0.25, 0.3) is 33.7 Å². The Hall–Kier alpha value is -5.67. The lowest BCUT2D eigenvalue weighted by molar-refractivity contribution is 0.553. The quantitative estimate of drug-likeness (QED) is 0.187. The predicted octanol–water partition coefficient (Wildman–Crippen LogP) is 11.3. The van der Waals surface area contributed by atoms with Gasteiger partial charge in [-0.15, -0.1) is 0 Å². The maximum Gasteiger partial charge on any atom is 0.0766 e. The van der Waals surface area contributed by atoms with Gasteiger partial charge in [-0.1, -0.05) is 124 Å². The molecule has 244 valence electrons. The van der Waals surface area contributed by atoms with Crippen LogP contribution >= 0.6 is 0 Å². The summed E-state index contributed by atoms with van der Waals surface area (Å²) in [5.74, 6) is 0. The average Bonchev–Trinajstić information content (AvgIpc) is 3.59. The minimum Gasteiger partial charge on any atom is -0.377 e. The van der Waals surface area contributed by atoms with E-state index in [0.717, 1.165) is 40.4 Å². The van der Waals surface area contributed by atoms with E-state index in [2.05, 4.69) is 158 Å². The van der Waals surface area contributed by atoms with Crippen LogP contribution in [-0.4, -0.2) is 11.0 Å². The molecule has 2 unspecified atom stereocenters. The van der Waals surface area contributed by atoms with E-state index in [0.29, 0.717) is 0 Å². The Morgan fingerprint density at radius 3 is 2.46 bits per heavy atom. The molecule has 3 heteroatoms. The van der Waals surface area contributed by atoms with Crippen LogP contribution in [-0.2, 0) is 11.8 Å². The SMILES string of the molecule is C=C(c1ccc(N2c3ccccc3C3=Cc4ccccc4CC32)cc1)C(NC1=C(CC)c2ccccc2C1(C)C)c1ccc2cccnc2c1. The molecule has 0 fully saturated rings. The van der Waals surface area contributed by atoms with Gasteiger partial charge < -0.3 is 10.2 Å².